The molecule has 0 bridgehead atoms. The number of aryl methyl sites for hydroxylation is 1. The Bertz CT molecular complexity index is 1060. The average Bonchev–Trinajstić information content (AvgIpc) is 3.09. The molecule has 0 atom stereocenters. The fourth-order valence-corrected chi connectivity index (χ4v) is 2.96. The van der Waals surface area contributed by atoms with Crippen LogP contribution in [0.3, 0.4) is 0 Å². The highest BCUT2D eigenvalue weighted by Gasteiger charge is 2.14. The van der Waals surface area contributed by atoms with Crippen molar-refractivity contribution >= 4 is 0 Å². The summed E-state index contributed by atoms with van der Waals surface area (Å²) < 4.78 is 7.30. The summed E-state index contributed by atoms with van der Waals surface area (Å²) in [5.41, 5.74) is 4.00. The van der Waals surface area contributed by atoms with Gasteiger partial charge < -0.3 is 9.30 Å². The second-order valence-corrected chi connectivity index (χ2v) is 6.16. The summed E-state index contributed by atoms with van der Waals surface area (Å²) in [5, 5.41) is 8.63. The highest BCUT2D eigenvalue weighted by Crippen LogP contribution is 2.26. The molecule has 0 amide bonds. The molecule has 4 rings (SSSR count). The van der Waals surface area contributed by atoms with Crippen LogP contribution in [0.5, 0.6) is 5.88 Å². The standard InChI is InChI=1S/C21H19N5O/c1-15-24-25-21(26(15)14-16-6-4-3-5-7-16)19-12-17(8-10-22-19)18-9-11-23-20(13-18)27-2/h3-13H,14H2,1-2H3. The van der Waals surface area contributed by atoms with Gasteiger partial charge in [-0.1, -0.05) is 30.3 Å². The van der Waals surface area contributed by atoms with E-state index in [2.05, 4.69) is 36.9 Å². The van der Waals surface area contributed by atoms with E-state index < -0.39 is 0 Å². The minimum Gasteiger partial charge on any atom is -0.481 e. The molecule has 0 aliphatic carbocycles. The Morgan fingerprint density at radius 2 is 1.63 bits per heavy atom. The Hall–Kier alpha value is -3.54. The molecule has 0 unspecified atom stereocenters. The van der Waals surface area contributed by atoms with Gasteiger partial charge in [0.25, 0.3) is 0 Å². The predicted octanol–water partition coefficient (Wildman–Crippen LogP) is 3.77. The number of benzene rings is 1. The van der Waals surface area contributed by atoms with E-state index in [1.54, 1.807) is 19.5 Å². The first kappa shape index (κ1) is 16.9. The first-order chi connectivity index (χ1) is 13.2. The van der Waals surface area contributed by atoms with E-state index in [4.69, 9.17) is 4.74 Å². The number of hydrogen-bond donors (Lipinski definition) is 0. The van der Waals surface area contributed by atoms with Crippen LogP contribution < -0.4 is 4.74 Å². The van der Waals surface area contributed by atoms with Crippen molar-refractivity contribution in [2.24, 2.45) is 0 Å². The van der Waals surface area contributed by atoms with Crippen LogP contribution in [-0.4, -0.2) is 31.8 Å². The van der Waals surface area contributed by atoms with E-state index in [1.807, 2.05) is 49.4 Å². The van der Waals surface area contributed by atoms with Crippen LogP contribution >= 0.6 is 0 Å². The van der Waals surface area contributed by atoms with Crippen LogP contribution in [-0.2, 0) is 6.54 Å². The molecule has 0 saturated carbocycles. The summed E-state index contributed by atoms with van der Waals surface area (Å²) in [7, 11) is 1.61. The Morgan fingerprint density at radius 3 is 2.41 bits per heavy atom. The Morgan fingerprint density at radius 1 is 0.889 bits per heavy atom. The van der Waals surface area contributed by atoms with Crippen molar-refractivity contribution in [1.29, 1.82) is 0 Å². The number of nitrogens with zero attached hydrogens (tertiary/aromatic N) is 5. The molecule has 27 heavy (non-hydrogen) atoms. The van der Waals surface area contributed by atoms with Crippen molar-refractivity contribution < 1.29 is 4.74 Å². The number of methoxy groups -OCH3 is 1. The molecule has 0 radical (unpaired) electrons. The van der Waals surface area contributed by atoms with Gasteiger partial charge in [0.05, 0.1) is 13.7 Å². The maximum Gasteiger partial charge on any atom is 0.213 e. The van der Waals surface area contributed by atoms with Crippen LogP contribution in [0.25, 0.3) is 22.6 Å². The Labute approximate surface area is 157 Å². The lowest BCUT2D eigenvalue weighted by Crippen LogP contribution is -2.05. The van der Waals surface area contributed by atoms with Gasteiger partial charge in [-0.3, -0.25) is 4.98 Å². The van der Waals surface area contributed by atoms with Crippen molar-refractivity contribution in [3.05, 3.63) is 78.4 Å². The molecule has 6 nitrogen and oxygen atoms in total. The topological polar surface area (TPSA) is 65.7 Å². The quantitative estimate of drug-likeness (QED) is 0.544. The van der Waals surface area contributed by atoms with E-state index in [0.29, 0.717) is 12.4 Å². The first-order valence-electron chi connectivity index (χ1n) is 8.65. The number of hydrogen-bond acceptors (Lipinski definition) is 5. The monoisotopic (exact) mass is 357 g/mol. The number of aromatic nitrogens is 5. The highest BCUT2D eigenvalue weighted by molar-refractivity contribution is 5.68. The second-order valence-electron chi connectivity index (χ2n) is 6.16. The molecule has 0 fully saturated rings. The van der Waals surface area contributed by atoms with Crippen molar-refractivity contribution in [2.45, 2.75) is 13.5 Å². The summed E-state index contributed by atoms with van der Waals surface area (Å²) in [6.07, 6.45) is 3.52. The molecule has 0 spiro atoms. The zero-order valence-corrected chi connectivity index (χ0v) is 15.2. The molecule has 0 N–H and O–H groups in total. The van der Waals surface area contributed by atoms with Gasteiger partial charge in [0, 0.05) is 18.5 Å². The lowest BCUT2D eigenvalue weighted by Gasteiger charge is -2.10. The van der Waals surface area contributed by atoms with Gasteiger partial charge in [-0.2, -0.15) is 0 Å². The van der Waals surface area contributed by atoms with Crippen molar-refractivity contribution in [1.82, 2.24) is 24.7 Å². The lowest BCUT2D eigenvalue weighted by atomic mass is 10.1. The second kappa shape index (κ2) is 7.37. The Balaban J connectivity index is 1.72. The third kappa shape index (κ3) is 3.55. The summed E-state index contributed by atoms with van der Waals surface area (Å²) in [6, 6.07) is 18.1. The van der Waals surface area contributed by atoms with Crippen LogP contribution in [0.4, 0.5) is 0 Å². The molecular weight excluding hydrogens is 338 g/mol. The van der Waals surface area contributed by atoms with Crippen LogP contribution in [0.1, 0.15) is 11.4 Å². The van der Waals surface area contributed by atoms with E-state index in [1.165, 1.54) is 5.56 Å². The SMILES string of the molecule is COc1cc(-c2ccnc(-c3nnc(C)n3Cc3ccccc3)c2)ccn1. The van der Waals surface area contributed by atoms with Crippen molar-refractivity contribution in [2.75, 3.05) is 7.11 Å². The van der Waals surface area contributed by atoms with E-state index in [9.17, 15) is 0 Å². The molecule has 134 valence electrons. The normalized spacial score (nSPS) is 10.7. The molecule has 3 aromatic heterocycles. The molecule has 3 heterocycles. The zero-order chi connectivity index (χ0) is 18.6. The number of pyridine rings is 2. The summed E-state index contributed by atoms with van der Waals surface area (Å²) in [5.74, 6) is 2.18. The molecule has 6 heteroatoms. The summed E-state index contributed by atoms with van der Waals surface area (Å²) in [4.78, 5) is 8.69. The average molecular weight is 357 g/mol. The molecule has 0 saturated heterocycles. The predicted molar refractivity (Wildman–Crippen MR) is 103 cm³/mol. The number of rotatable bonds is 5. The van der Waals surface area contributed by atoms with E-state index in [0.717, 1.165) is 28.5 Å². The van der Waals surface area contributed by atoms with Crippen LogP contribution in [0.2, 0.25) is 0 Å². The number of ether oxygens (including phenoxy) is 1. The Kier molecular flexibility index (Phi) is 4.61. The van der Waals surface area contributed by atoms with Gasteiger partial charge in [-0.05, 0) is 41.8 Å². The molecule has 1 aromatic carbocycles. The molecular formula is C21H19N5O. The van der Waals surface area contributed by atoms with E-state index >= 15 is 0 Å². The minimum atomic E-state index is 0.578. The van der Waals surface area contributed by atoms with Crippen molar-refractivity contribution in [3.8, 4) is 28.5 Å². The van der Waals surface area contributed by atoms with E-state index in [-0.39, 0.29) is 0 Å². The molecule has 0 aliphatic heterocycles. The highest BCUT2D eigenvalue weighted by atomic mass is 16.5. The lowest BCUT2D eigenvalue weighted by molar-refractivity contribution is 0.398. The van der Waals surface area contributed by atoms with Gasteiger partial charge in [0.2, 0.25) is 5.88 Å². The van der Waals surface area contributed by atoms with Gasteiger partial charge in [0.15, 0.2) is 5.82 Å². The largest absolute Gasteiger partial charge is 0.481 e. The van der Waals surface area contributed by atoms with Gasteiger partial charge >= 0.3 is 0 Å². The summed E-state index contributed by atoms with van der Waals surface area (Å²) >= 11 is 0. The van der Waals surface area contributed by atoms with Gasteiger partial charge in [0.1, 0.15) is 11.5 Å². The van der Waals surface area contributed by atoms with Crippen LogP contribution in [0, 0.1) is 6.92 Å². The molecule has 4 aromatic rings. The fourth-order valence-electron chi connectivity index (χ4n) is 2.96. The zero-order valence-electron chi connectivity index (χ0n) is 15.2. The fraction of sp³-hybridized carbons (Fsp3) is 0.143. The third-order valence-corrected chi connectivity index (χ3v) is 4.39. The molecule has 0 aliphatic rings. The maximum atomic E-state index is 5.23. The van der Waals surface area contributed by atoms with Gasteiger partial charge in [-0.25, -0.2) is 4.98 Å². The van der Waals surface area contributed by atoms with Crippen LogP contribution in [0.15, 0.2) is 67.0 Å². The third-order valence-electron chi connectivity index (χ3n) is 4.39. The smallest absolute Gasteiger partial charge is 0.213 e. The maximum absolute atomic E-state index is 5.23. The summed E-state index contributed by atoms with van der Waals surface area (Å²) in [6.45, 7) is 2.65. The minimum absolute atomic E-state index is 0.578. The van der Waals surface area contributed by atoms with Crippen molar-refractivity contribution in [3.63, 3.8) is 0 Å². The first-order valence-corrected chi connectivity index (χ1v) is 8.65. The van der Waals surface area contributed by atoms with Gasteiger partial charge in [-0.15, -0.1) is 10.2 Å².